The number of fused-ring (bicyclic) bond motifs is 2. The molecule has 8 rings (SSSR count). The number of carbonyl (C=O) groups is 6. The molecule has 13 nitrogen and oxygen atoms in total. The van der Waals surface area contributed by atoms with Crippen LogP contribution >= 0.6 is 11.3 Å². The average molecular weight is 803 g/mol. The molecule has 4 heterocycles. The summed E-state index contributed by atoms with van der Waals surface area (Å²) in [7, 11) is 0. The minimum Gasteiger partial charge on any atom is -0.494 e. The summed E-state index contributed by atoms with van der Waals surface area (Å²) in [4.78, 5) is 85.2. The van der Waals surface area contributed by atoms with Crippen molar-refractivity contribution in [2.75, 3.05) is 35.2 Å². The number of piperidine rings is 1. The van der Waals surface area contributed by atoms with Gasteiger partial charge in [-0.3, -0.25) is 39.0 Å². The predicted molar refractivity (Wildman–Crippen MR) is 220 cm³/mol. The van der Waals surface area contributed by atoms with E-state index < -0.39 is 29.7 Å². The number of benzene rings is 3. The molecule has 3 aromatic carbocycles. The molecule has 4 aliphatic rings. The minimum atomic E-state index is -1.02. The van der Waals surface area contributed by atoms with Gasteiger partial charge in [-0.15, -0.1) is 11.3 Å². The van der Waals surface area contributed by atoms with Crippen LogP contribution in [-0.4, -0.2) is 71.1 Å². The van der Waals surface area contributed by atoms with Crippen LogP contribution in [0.5, 0.6) is 5.75 Å². The van der Waals surface area contributed by atoms with Crippen molar-refractivity contribution in [3.8, 4) is 17.0 Å². The molecule has 6 amide bonds. The van der Waals surface area contributed by atoms with Gasteiger partial charge in [0.05, 0.1) is 29.8 Å². The fourth-order valence-corrected chi connectivity index (χ4v) is 8.76. The van der Waals surface area contributed by atoms with Crippen LogP contribution in [0.2, 0.25) is 0 Å². The van der Waals surface area contributed by atoms with Gasteiger partial charge in [-0.2, -0.15) is 0 Å². The Morgan fingerprint density at radius 2 is 1.78 bits per heavy atom. The third kappa shape index (κ3) is 8.11. The van der Waals surface area contributed by atoms with Crippen molar-refractivity contribution in [1.29, 1.82) is 0 Å². The lowest BCUT2D eigenvalue weighted by molar-refractivity contribution is -0.136. The topological polar surface area (TPSA) is 167 Å². The number of amides is 6. The predicted octanol–water partition coefficient (Wildman–Crippen LogP) is 6.30. The molecule has 1 aliphatic carbocycles. The molecule has 1 aromatic heterocycles. The Bertz CT molecular complexity index is 2350. The Kier molecular flexibility index (Phi) is 10.6. The standard InChI is InChI=1S/C44H46N6O7S/c1-25-38(29-12-13-33-28(24-29)16-20-49(33)40(54)27-10-11-27)48-43(58-25)47-36(52)23-26-6-4-7-30(22-26)57-21-18-44(2,3)17-19-45-32-9-5-8-31-37(32)42(56)50(41(31)55)34-14-15-35(51)46-39(34)53/h4-9,12-13,22,24,27,34,45H,10-11,14-21,23H2,1-3H3,(H,46,51,53)(H,47,48,52). The van der Waals surface area contributed by atoms with Crippen LogP contribution in [0.4, 0.5) is 16.5 Å². The number of nitrogens with zero attached hydrogens (tertiary/aromatic N) is 3. The fraction of sp³-hybridized carbons (Fsp3) is 0.386. The number of nitrogens with one attached hydrogen (secondary N) is 3. The zero-order chi connectivity index (χ0) is 40.7. The number of hydrogen-bond donors (Lipinski definition) is 3. The first-order valence-electron chi connectivity index (χ1n) is 19.9. The highest BCUT2D eigenvalue weighted by molar-refractivity contribution is 7.16. The first-order chi connectivity index (χ1) is 27.8. The summed E-state index contributed by atoms with van der Waals surface area (Å²) in [6, 6.07) is 17.7. The number of aryl methyl sites for hydroxylation is 1. The zero-order valence-corrected chi connectivity index (χ0v) is 33.6. The van der Waals surface area contributed by atoms with Crippen molar-refractivity contribution in [2.24, 2.45) is 11.3 Å². The second kappa shape index (κ2) is 15.8. The van der Waals surface area contributed by atoms with Crippen molar-refractivity contribution >= 4 is 63.3 Å². The highest BCUT2D eigenvalue weighted by Crippen LogP contribution is 2.39. The van der Waals surface area contributed by atoms with E-state index in [9.17, 15) is 28.8 Å². The number of thiazole rings is 1. The second-order valence-electron chi connectivity index (χ2n) is 16.3. The second-order valence-corrected chi connectivity index (χ2v) is 17.5. The van der Waals surface area contributed by atoms with Gasteiger partial charge in [0, 0.05) is 47.2 Å². The molecule has 1 unspecified atom stereocenters. The molecule has 1 atom stereocenters. The number of aromatic nitrogens is 1. The number of carbonyl (C=O) groups excluding carboxylic acids is 6. The van der Waals surface area contributed by atoms with Gasteiger partial charge < -0.3 is 20.3 Å². The van der Waals surface area contributed by atoms with Gasteiger partial charge in [0.15, 0.2) is 5.13 Å². The maximum absolute atomic E-state index is 13.4. The maximum atomic E-state index is 13.4. The van der Waals surface area contributed by atoms with Crippen molar-refractivity contribution < 1.29 is 33.5 Å². The molecule has 0 bridgehead atoms. The van der Waals surface area contributed by atoms with Crippen molar-refractivity contribution in [1.82, 2.24) is 15.2 Å². The van der Waals surface area contributed by atoms with E-state index in [1.807, 2.05) is 48.2 Å². The van der Waals surface area contributed by atoms with E-state index in [-0.39, 0.29) is 53.5 Å². The summed E-state index contributed by atoms with van der Waals surface area (Å²) in [5, 5.41) is 9.07. The lowest BCUT2D eigenvalue weighted by Gasteiger charge is -2.28. The van der Waals surface area contributed by atoms with Crippen LogP contribution in [-0.2, 0) is 32.0 Å². The van der Waals surface area contributed by atoms with Gasteiger partial charge >= 0.3 is 0 Å². The van der Waals surface area contributed by atoms with Crippen LogP contribution in [0.25, 0.3) is 11.3 Å². The molecule has 300 valence electrons. The van der Waals surface area contributed by atoms with Gasteiger partial charge in [0.25, 0.3) is 11.8 Å². The van der Waals surface area contributed by atoms with Gasteiger partial charge in [-0.05, 0) is 98.4 Å². The van der Waals surface area contributed by atoms with Gasteiger partial charge in [0.2, 0.25) is 23.6 Å². The van der Waals surface area contributed by atoms with E-state index >= 15 is 0 Å². The fourth-order valence-electron chi connectivity index (χ4n) is 7.91. The average Bonchev–Trinajstić information content (AvgIpc) is 3.78. The first-order valence-corrected chi connectivity index (χ1v) is 20.7. The molecule has 1 saturated heterocycles. The van der Waals surface area contributed by atoms with E-state index in [0.717, 1.165) is 76.5 Å². The molecular formula is C44H46N6O7S. The lowest BCUT2D eigenvalue weighted by Crippen LogP contribution is -2.54. The van der Waals surface area contributed by atoms with Crippen molar-refractivity contribution in [3.05, 3.63) is 87.8 Å². The first kappa shape index (κ1) is 39.0. The van der Waals surface area contributed by atoms with Crippen LogP contribution in [0.1, 0.15) is 89.1 Å². The molecule has 4 aromatic rings. The summed E-state index contributed by atoms with van der Waals surface area (Å²) in [5.41, 5.74) is 5.64. The molecule has 58 heavy (non-hydrogen) atoms. The van der Waals surface area contributed by atoms with E-state index in [1.54, 1.807) is 18.2 Å². The van der Waals surface area contributed by atoms with E-state index in [1.165, 1.54) is 11.3 Å². The van der Waals surface area contributed by atoms with Gasteiger partial charge in [0.1, 0.15) is 11.8 Å². The molecule has 3 aliphatic heterocycles. The van der Waals surface area contributed by atoms with Crippen LogP contribution in [0.15, 0.2) is 60.7 Å². The smallest absolute Gasteiger partial charge is 0.264 e. The number of hydrogen-bond acceptors (Lipinski definition) is 10. The third-order valence-electron chi connectivity index (χ3n) is 11.4. The number of ether oxygens (including phenoxy) is 1. The lowest BCUT2D eigenvalue weighted by atomic mass is 9.86. The number of anilines is 3. The normalized spacial score (nSPS) is 17.6. The SMILES string of the molecule is Cc1sc(NC(=O)Cc2cccc(OCCC(C)(C)CCNc3cccc4c3C(=O)N(C3CCC(=O)NC3=O)C4=O)c2)nc1-c1ccc2c(c1)CCN2C(=O)C1CC1. The third-order valence-corrected chi connectivity index (χ3v) is 12.3. The summed E-state index contributed by atoms with van der Waals surface area (Å²) >= 11 is 1.44. The Morgan fingerprint density at radius 1 is 0.966 bits per heavy atom. The monoisotopic (exact) mass is 802 g/mol. The van der Waals surface area contributed by atoms with Crippen LogP contribution in [0, 0.1) is 18.3 Å². The van der Waals surface area contributed by atoms with Crippen molar-refractivity contribution in [3.63, 3.8) is 0 Å². The molecular weight excluding hydrogens is 757 g/mol. The number of rotatable bonds is 14. The highest BCUT2D eigenvalue weighted by Gasteiger charge is 2.45. The Balaban J connectivity index is 0.806. The van der Waals surface area contributed by atoms with E-state index in [0.29, 0.717) is 29.7 Å². The summed E-state index contributed by atoms with van der Waals surface area (Å²) in [6.45, 7) is 7.97. The molecule has 14 heteroatoms. The Hall–Kier alpha value is -5.89. The molecule has 0 radical (unpaired) electrons. The Morgan fingerprint density at radius 3 is 2.57 bits per heavy atom. The summed E-state index contributed by atoms with van der Waals surface area (Å²) < 4.78 is 6.13. The minimum absolute atomic E-state index is 0.0641. The quantitative estimate of drug-likeness (QED) is 0.124. The van der Waals surface area contributed by atoms with Crippen LogP contribution in [0.3, 0.4) is 0 Å². The molecule has 1 saturated carbocycles. The summed E-state index contributed by atoms with van der Waals surface area (Å²) in [5.74, 6) is -1.21. The van der Waals surface area contributed by atoms with Gasteiger partial charge in [-0.1, -0.05) is 38.1 Å². The van der Waals surface area contributed by atoms with E-state index in [4.69, 9.17) is 9.72 Å². The summed E-state index contributed by atoms with van der Waals surface area (Å²) in [6.07, 6.45) is 4.61. The highest BCUT2D eigenvalue weighted by atomic mass is 32.1. The number of imide groups is 2. The maximum Gasteiger partial charge on any atom is 0.264 e. The molecule has 3 N–H and O–H groups in total. The zero-order valence-electron chi connectivity index (χ0n) is 32.8. The molecule has 2 fully saturated rings. The van der Waals surface area contributed by atoms with E-state index in [2.05, 4.69) is 35.9 Å². The largest absolute Gasteiger partial charge is 0.494 e. The Labute approximate surface area is 340 Å². The van der Waals surface area contributed by atoms with Gasteiger partial charge in [-0.25, -0.2) is 4.98 Å². The molecule has 0 spiro atoms. The van der Waals surface area contributed by atoms with Crippen LogP contribution < -0.4 is 25.6 Å². The van der Waals surface area contributed by atoms with Crippen molar-refractivity contribution in [2.45, 2.75) is 78.2 Å².